The van der Waals surface area contributed by atoms with Crippen LogP contribution < -0.4 is 10.2 Å². The van der Waals surface area contributed by atoms with Gasteiger partial charge in [-0.2, -0.15) is 4.39 Å². The second-order valence-corrected chi connectivity index (χ2v) is 5.83. The number of aromatic nitrogens is 1. The largest absolute Gasteiger partial charge is 0.338 e. The lowest BCUT2D eigenvalue weighted by molar-refractivity contribution is 0.281. The van der Waals surface area contributed by atoms with Gasteiger partial charge in [0.2, 0.25) is 5.95 Å². The molecule has 0 bridgehead atoms. The summed E-state index contributed by atoms with van der Waals surface area (Å²) >= 11 is 6.28. The van der Waals surface area contributed by atoms with E-state index in [9.17, 15) is 8.78 Å². The van der Waals surface area contributed by atoms with E-state index in [1.54, 1.807) is 0 Å². The minimum absolute atomic E-state index is 0.350. The van der Waals surface area contributed by atoms with Gasteiger partial charge < -0.3 is 10.2 Å². The lowest BCUT2D eigenvalue weighted by atomic mass is 10.2. The van der Waals surface area contributed by atoms with Gasteiger partial charge in [-0.05, 0) is 17.7 Å². The quantitative estimate of drug-likeness (QED) is 0.532. The van der Waals surface area contributed by atoms with E-state index in [0.717, 1.165) is 5.56 Å². The molecular weight excluding hydrogens is 308 g/mol. The first-order valence-corrected chi connectivity index (χ1v) is 7.52. The smallest absolute Gasteiger partial charge is 0.212 e. The summed E-state index contributed by atoms with van der Waals surface area (Å²) < 4.78 is 27.5. The Bertz CT molecular complexity index is 609. The number of hydrogen-bond donors (Lipinski definition) is 1. The number of anilines is 1. The van der Waals surface area contributed by atoms with Crippen molar-refractivity contribution < 1.29 is 8.78 Å². The second kappa shape index (κ2) is 6.58. The minimum atomic E-state index is -1.28. The molecule has 2 heterocycles. The third-order valence-electron chi connectivity index (χ3n) is 3.78. The summed E-state index contributed by atoms with van der Waals surface area (Å²) in [5, 5.41) is 2.79. The Kier molecular flexibility index (Phi) is 4.55. The number of hydrogen-bond acceptors (Lipinski definition) is 3. The molecule has 3 nitrogen and oxygen atoms in total. The molecule has 116 valence electrons. The molecular formula is C16H16ClF2N3. The molecule has 1 aromatic heterocycles. The molecule has 0 aliphatic carbocycles. The van der Waals surface area contributed by atoms with Gasteiger partial charge in [0, 0.05) is 13.1 Å². The summed E-state index contributed by atoms with van der Waals surface area (Å²) in [6, 6.07) is 12.0. The first-order valence-electron chi connectivity index (χ1n) is 7.09. The van der Waals surface area contributed by atoms with Gasteiger partial charge in [-0.15, -0.1) is 11.6 Å². The Morgan fingerprint density at radius 1 is 1.23 bits per heavy atom. The summed E-state index contributed by atoms with van der Waals surface area (Å²) in [5.41, 5.74) is 1.60. The summed E-state index contributed by atoms with van der Waals surface area (Å²) in [7, 11) is 0. The third kappa shape index (κ3) is 3.20. The molecule has 2 aromatic rings. The number of alkyl halides is 2. The van der Waals surface area contributed by atoms with Gasteiger partial charge in [-0.1, -0.05) is 30.3 Å². The summed E-state index contributed by atoms with van der Waals surface area (Å²) in [6.45, 7) is 0.896. The molecule has 1 fully saturated rings. The average molecular weight is 324 g/mol. The lowest BCUT2D eigenvalue weighted by Crippen LogP contribution is -2.42. The maximum Gasteiger partial charge on any atom is 0.212 e. The molecule has 0 saturated carbocycles. The maximum atomic E-state index is 14.6. The predicted molar refractivity (Wildman–Crippen MR) is 83.1 cm³/mol. The fourth-order valence-electron chi connectivity index (χ4n) is 2.61. The van der Waals surface area contributed by atoms with Gasteiger partial charge in [0.25, 0.3) is 0 Å². The van der Waals surface area contributed by atoms with Gasteiger partial charge in [0.05, 0.1) is 23.3 Å². The van der Waals surface area contributed by atoms with Crippen LogP contribution in [-0.4, -0.2) is 29.2 Å². The fourth-order valence-corrected chi connectivity index (χ4v) is 2.97. The Balaban J connectivity index is 1.67. The number of halogens is 3. The summed E-state index contributed by atoms with van der Waals surface area (Å²) in [6.07, 6.45) is 0.0453. The van der Waals surface area contributed by atoms with Crippen LogP contribution in [0.15, 0.2) is 48.7 Å². The van der Waals surface area contributed by atoms with E-state index in [0.29, 0.717) is 18.8 Å². The minimum Gasteiger partial charge on any atom is -0.338 e. The van der Waals surface area contributed by atoms with Crippen molar-refractivity contribution in [1.29, 1.82) is 0 Å². The zero-order valence-electron chi connectivity index (χ0n) is 11.8. The second-order valence-electron chi connectivity index (χ2n) is 5.27. The van der Waals surface area contributed by atoms with Crippen LogP contribution in [-0.2, 0) is 6.54 Å². The van der Waals surface area contributed by atoms with Gasteiger partial charge >= 0.3 is 0 Å². The van der Waals surface area contributed by atoms with Crippen LogP contribution in [0, 0.1) is 5.95 Å². The molecule has 1 aromatic carbocycles. The molecule has 0 radical (unpaired) electrons. The van der Waals surface area contributed by atoms with Crippen molar-refractivity contribution in [2.75, 3.05) is 11.4 Å². The molecule has 6 heteroatoms. The van der Waals surface area contributed by atoms with Gasteiger partial charge in [0.1, 0.15) is 0 Å². The average Bonchev–Trinajstić information content (AvgIpc) is 2.82. The molecule has 3 atom stereocenters. The van der Waals surface area contributed by atoms with Crippen LogP contribution in [0.1, 0.15) is 5.56 Å². The molecule has 22 heavy (non-hydrogen) atoms. The van der Waals surface area contributed by atoms with E-state index < -0.39 is 18.3 Å². The number of nitrogens with one attached hydrogen (secondary N) is 1. The van der Waals surface area contributed by atoms with Gasteiger partial charge in [-0.25, -0.2) is 9.37 Å². The molecule has 1 saturated heterocycles. The summed E-state index contributed by atoms with van der Waals surface area (Å²) in [4.78, 5) is 5.07. The fraction of sp³-hybridized carbons (Fsp3) is 0.312. The highest BCUT2D eigenvalue weighted by Gasteiger charge is 2.41. The van der Waals surface area contributed by atoms with Crippen LogP contribution in [0.4, 0.5) is 14.5 Å². The van der Waals surface area contributed by atoms with Crippen molar-refractivity contribution in [2.24, 2.45) is 0 Å². The molecule has 1 aliphatic rings. The molecule has 1 aliphatic heterocycles. The Morgan fingerprint density at radius 3 is 2.68 bits per heavy atom. The Morgan fingerprint density at radius 2 is 2.00 bits per heavy atom. The molecule has 0 spiro atoms. The third-order valence-corrected chi connectivity index (χ3v) is 4.19. The van der Waals surface area contributed by atoms with E-state index in [1.807, 2.05) is 30.3 Å². The topological polar surface area (TPSA) is 28.2 Å². The van der Waals surface area contributed by atoms with Crippen LogP contribution in [0.5, 0.6) is 0 Å². The monoisotopic (exact) mass is 323 g/mol. The summed E-state index contributed by atoms with van der Waals surface area (Å²) in [5.74, 6) is -0.584. The van der Waals surface area contributed by atoms with E-state index >= 15 is 0 Å². The highest BCUT2D eigenvalue weighted by Crippen LogP contribution is 2.29. The number of rotatable bonds is 4. The van der Waals surface area contributed by atoms with Crippen molar-refractivity contribution >= 4 is 17.3 Å². The van der Waals surface area contributed by atoms with Crippen LogP contribution in [0.2, 0.25) is 0 Å². The van der Waals surface area contributed by atoms with Crippen molar-refractivity contribution in [2.45, 2.75) is 24.3 Å². The maximum absolute atomic E-state index is 14.6. The first-order chi connectivity index (χ1) is 10.6. The highest BCUT2D eigenvalue weighted by molar-refractivity contribution is 6.21. The van der Waals surface area contributed by atoms with E-state index in [4.69, 9.17) is 11.6 Å². The molecule has 1 N–H and O–H groups in total. The zero-order valence-corrected chi connectivity index (χ0v) is 12.5. The standard InChI is InChI=1S/C16H16ClF2N3/c17-13-10-22(12-6-7-14(18)20-9-12)16(19)15(13)21-8-11-4-2-1-3-5-11/h1-7,9,13,15-16,21H,8,10H2/t13-,15?,16?/m0/s1. The van der Waals surface area contributed by atoms with E-state index in [-0.39, 0.29) is 5.38 Å². The Labute approximate surface area is 132 Å². The Hall–Kier alpha value is -1.72. The molecule has 3 rings (SSSR count). The van der Waals surface area contributed by atoms with E-state index in [2.05, 4.69) is 10.3 Å². The predicted octanol–water partition coefficient (Wildman–Crippen LogP) is 3.10. The first kappa shape index (κ1) is 15.2. The zero-order chi connectivity index (χ0) is 15.5. The number of pyridine rings is 1. The van der Waals surface area contributed by atoms with Crippen molar-refractivity contribution in [3.8, 4) is 0 Å². The molecule has 2 unspecified atom stereocenters. The number of nitrogens with zero attached hydrogens (tertiary/aromatic N) is 2. The van der Waals surface area contributed by atoms with Crippen LogP contribution >= 0.6 is 11.6 Å². The highest BCUT2D eigenvalue weighted by atomic mass is 35.5. The molecule has 0 amide bonds. The van der Waals surface area contributed by atoms with Gasteiger partial charge in [-0.3, -0.25) is 0 Å². The van der Waals surface area contributed by atoms with Crippen molar-refractivity contribution in [1.82, 2.24) is 10.3 Å². The van der Waals surface area contributed by atoms with Gasteiger partial charge in [0.15, 0.2) is 6.30 Å². The SMILES string of the molecule is Fc1ccc(N2C[C@H](Cl)C(NCc3ccccc3)C2F)cn1. The normalized spacial score (nSPS) is 24.7. The van der Waals surface area contributed by atoms with Crippen molar-refractivity contribution in [3.63, 3.8) is 0 Å². The van der Waals surface area contributed by atoms with Crippen LogP contribution in [0.3, 0.4) is 0 Å². The van der Waals surface area contributed by atoms with E-state index in [1.165, 1.54) is 23.2 Å². The lowest BCUT2D eigenvalue weighted by Gasteiger charge is -2.23. The number of benzene rings is 1. The van der Waals surface area contributed by atoms with Crippen molar-refractivity contribution in [3.05, 3.63) is 60.2 Å². The van der Waals surface area contributed by atoms with Crippen LogP contribution in [0.25, 0.3) is 0 Å².